The van der Waals surface area contributed by atoms with Crippen LogP contribution >= 0.6 is 0 Å². The minimum absolute atomic E-state index is 0.810. The number of hydrogen-bond acceptors (Lipinski definition) is 2. The van der Waals surface area contributed by atoms with E-state index in [1.54, 1.807) is 0 Å². The Kier molecular flexibility index (Phi) is 18.5. The minimum Gasteiger partial charge on any atom is -0.494 e. The standard InChI is InChI=1S/C42H58O2/c1-3-5-7-9-11-13-15-17-35-43-41-31-27-39(28-32-41)25-23-37-19-21-38(22-20-37)24-26-40-29-33-42(34-30-40)44-36-18-16-14-12-10-8-6-4-2/h19-34H,3-18,35-36H2,1-2H3/b25-23+,26-24+. The Balaban J connectivity index is 1.30. The van der Waals surface area contributed by atoms with Crippen molar-refractivity contribution in [2.75, 3.05) is 13.2 Å². The van der Waals surface area contributed by atoms with Gasteiger partial charge in [-0.1, -0.05) is 177 Å². The van der Waals surface area contributed by atoms with Crippen molar-refractivity contribution in [1.82, 2.24) is 0 Å². The molecule has 0 fully saturated rings. The van der Waals surface area contributed by atoms with Gasteiger partial charge in [0.05, 0.1) is 13.2 Å². The molecule has 0 N–H and O–H groups in total. The molecule has 2 nitrogen and oxygen atoms in total. The van der Waals surface area contributed by atoms with Crippen LogP contribution in [0.15, 0.2) is 72.8 Å². The molecule has 0 bridgehead atoms. The molecule has 44 heavy (non-hydrogen) atoms. The van der Waals surface area contributed by atoms with Gasteiger partial charge in [0.25, 0.3) is 0 Å². The Labute approximate surface area is 269 Å². The molecule has 0 atom stereocenters. The lowest BCUT2D eigenvalue weighted by molar-refractivity contribution is 0.304. The SMILES string of the molecule is CCCCCCCCCCOc1ccc(/C=C/c2ccc(/C=C/c3ccc(OCCCCCCCCCC)cc3)cc2)cc1. The lowest BCUT2D eigenvalue weighted by Crippen LogP contribution is -1.97. The molecular formula is C42H58O2. The van der Waals surface area contributed by atoms with E-state index >= 15 is 0 Å². The second-order valence-corrected chi connectivity index (χ2v) is 12.1. The van der Waals surface area contributed by atoms with Crippen LogP contribution in [-0.4, -0.2) is 13.2 Å². The minimum atomic E-state index is 0.810. The molecule has 238 valence electrons. The Hall–Kier alpha value is -3.26. The summed E-state index contributed by atoms with van der Waals surface area (Å²) in [6.07, 6.45) is 29.8. The van der Waals surface area contributed by atoms with E-state index in [1.165, 1.54) is 112 Å². The maximum Gasteiger partial charge on any atom is 0.119 e. The van der Waals surface area contributed by atoms with Crippen molar-refractivity contribution in [3.8, 4) is 11.5 Å². The molecule has 0 aliphatic heterocycles. The number of unbranched alkanes of at least 4 members (excludes halogenated alkanes) is 14. The fourth-order valence-electron chi connectivity index (χ4n) is 5.31. The average Bonchev–Trinajstić information content (AvgIpc) is 3.06. The largest absolute Gasteiger partial charge is 0.494 e. The molecule has 0 saturated heterocycles. The van der Waals surface area contributed by atoms with E-state index in [1.807, 2.05) is 0 Å². The van der Waals surface area contributed by atoms with Crippen LogP contribution in [0.3, 0.4) is 0 Å². The maximum atomic E-state index is 5.94. The van der Waals surface area contributed by atoms with Gasteiger partial charge >= 0.3 is 0 Å². The van der Waals surface area contributed by atoms with Crippen LogP contribution in [0.1, 0.15) is 139 Å². The predicted molar refractivity (Wildman–Crippen MR) is 193 cm³/mol. The molecule has 0 heterocycles. The molecule has 3 aromatic carbocycles. The lowest BCUT2D eigenvalue weighted by Gasteiger charge is -2.06. The van der Waals surface area contributed by atoms with Gasteiger partial charge in [-0.25, -0.2) is 0 Å². The van der Waals surface area contributed by atoms with Crippen LogP contribution in [-0.2, 0) is 0 Å². The van der Waals surface area contributed by atoms with Crippen LogP contribution in [0, 0.1) is 0 Å². The molecule has 0 aliphatic rings. The molecule has 3 aromatic rings. The zero-order valence-electron chi connectivity index (χ0n) is 27.8. The predicted octanol–water partition coefficient (Wildman–Crippen LogP) is 13.1. The molecule has 0 saturated carbocycles. The zero-order chi connectivity index (χ0) is 30.9. The van der Waals surface area contributed by atoms with E-state index in [4.69, 9.17) is 9.47 Å². The Morgan fingerprint density at radius 1 is 0.341 bits per heavy atom. The summed E-state index contributed by atoms with van der Waals surface area (Å²) in [5.74, 6) is 1.92. The number of rotatable bonds is 24. The van der Waals surface area contributed by atoms with Gasteiger partial charge in [-0.3, -0.25) is 0 Å². The van der Waals surface area contributed by atoms with Crippen molar-refractivity contribution in [2.45, 2.75) is 117 Å². The van der Waals surface area contributed by atoms with Gasteiger partial charge < -0.3 is 9.47 Å². The average molecular weight is 595 g/mol. The van der Waals surface area contributed by atoms with Crippen LogP contribution in [0.25, 0.3) is 24.3 Å². The molecule has 0 aromatic heterocycles. The summed E-state index contributed by atoms with van der Waals surface area (Å²) in [7, 11) is 0. The summed E-state index contributed by atoms with van der Waals surface area (Å²) in [4.78, 5) is 0. The normalized spacial score (nSPS) is 11.5. The summed E-state index contributed by atoms with van der Waals surface area (Å²) in [6.45, 7) is 6.16. The Bertz CT molecular complexity index is 1060. The first-order chi connectivity index (χ1) is 21.8. The van der Waals surface area contributed by atoms with Gasteiger partial charge in [-0.2, -0.15) is 0 Å². The summed E-state index contributed by atoms with van der Waals surface area (Å²) in [5.41, 5.74) is 4.74. The number of ether oxygens (including phenoxy) is 2. The van der Waals surface area contributed by atoms with Crippen molar-refractivity contribution >= 4 is 24.3 Å². The lowest BCUT2D eigenvalue weighted by atomic mass is 10.1. The topological polar surface area (TPSA) is 18.5 Å². The van der Waals surface area contributed by atoms with Crippen LogP contribution in [0.2, 0.25) is 0 Å². The van der Waals surface area contributed by atoms with Gasteiger partial charge in [-0.15, -0.1) is 0 Å². The molecular weight excluding hydrogens is 536 g/mol. The Morgan fingerprint density at radius 3 is 0.886 bits per heavy atom. The van der Waals surface area contributed by atoms with Gasteiger partial charge in [0.2, 0.25) is 0 Å². The molecule has 0 spiro atoms. The second-order valence-electron chi connectivity index (χ2n) is 12.1. The fraction of sp³-hybridized carbons (Fsp3) is 0.476. The van der Waals surface area contributed by atoms with E-state index in [9.17, 15) is 0 Å². The highest BCUT2D eigenvalue weighted by Crippen LogP contribution is 2.18. The third-order valence-corrected chi connectivity index (χ3v) is 8.17. The van der Waals surface area contributed by atoms with Gasteiger partial charge in [0.1, 0.15) is 11.5 Å². The smallest absolute Gasteiger partial charge is 0.119 e. The van der Waals surface area contributed by atoms with Crippen molar-refractivity contribution in [3.63, 3.8) is 0 Å². The molecule has 0 unspecified atom stereocenters. The van der Waals surface area contributed by atoms with E-state index in [-0.39, 0.29) is 0 Å². The first kappa shape index (κ1) is 35.2. The van der Waals surface area contributed by atoms with E-state index in [2.05, 4.69) is 111 Å². The quantitative estimate of drug-likeness (QED) is 0.0758. The number of hydrogen-bond donors (Lipinski definition) is 0. The first-order valence-corrected chi connectivity index (χ1v) is 17.7. The summed E-state index contributed by atoms with van der Waals surface area (Å²) in [5, 5.41) is 0. The maximum absolute atomic E-state index is 5.94. The summed E-state index contributed by atoms with van der Waals surface area (Å²) >= 11 is 0. The second kappa shape index (κ2) is 23.2. The molecule has 3 rings (SSSR count). The van der Waals surface area contributed by atoms with Crippen molar-refractivity contribution < 1.29 is 9.47 Å². The van der Waals surface area contributed by atoms with E-state index < -0.39 is 0 Å². The molecule has 0 radical (unpaired) electrons. The number of benzene rings is 3. The van der Waals surface area contributed by atoms with Gasteiger partial charge in [0, 0.05) is 0 Å². The summed E-state index contributed by atoms with van der Waals surface area (Å²) < 4.78 is 11.9. The summed E-state index contributed by atoms with van der Waals surface area (Å²) in [6, 6.07) is 25.5. The van der Waals surface area contributed by atoms with Crippen LogP contribution < -0.4 is 9.47 Å². The zero-order valence-corrected chi connectivity index (χ0v) is 27.8. The van der Waals surface area contributed by atoms with Crippen molar-refractivity contribution in [1.29, 1.82) is 0 Å². The van der Waals surface area contributed by atoms with Crippen LogP contribution in [0.5, 0.6) is 11.5 Å². The fourth-order valence-corrected chi connectivity index (χ4v) is 5.31. The molecule has 0 amide bonds. The highest BCUT2D eigenvalue weighted by Gasteiger charge is 1.98. The Morgan fingerprint density at radius 2 is 0.591 bits per heavy atom. The highest BCUT2D eigenvalue weighted by atomic mass is 16.5. The third-order valence-electron chi connectivity index (χ3n) is 8.17. The van der Waals surface area contributed by atoms with Crippen molar-refractivity contribution in [2.24, 2.45) is 0 Å². The first-order valence-electron chi connectivity index (χ1n) is 17.7. The molecule has 2 heteroatoms. The van der Waals surface area contributed by atoms with E-state index in [0.29, 0.717) is 0 Å². The third kappa shape index (κ3) is 16.0. The van der Waals surface area contributed by atoms with Gasteiger partial charge in [0.15, 0.2) is 0 Å². The van der Waals surface area contributed by atoms with Gasteiger partial charge in [-0.05, 0) is 59.4 Å². The van der Waals surface area contributed by atoms with Crippen LogP contribution in [0.4, 0.5) is 0 Å². The van der Waals surface area contributed by atoms with E-state index in [0.717, 1.165) is 37.6 Å². The van der Waals surface area contributed by atoms with Crippen molar-refractivity contribution in [3.05, 3.63) is 95.1 Å². The molecule has 0 aliphatic carbocycles. The highest BCUT2D eigenvalue weighted by molar-refractivity contribution is 5.73. The monoisotopic (exact) mass is 594 g/mol.